The lowest BCUT2D eigenvalue weighted by atomic mass is 10.1. The van der Waals surface area contributed by atoms with Gasteiger partial charge in [0.05, 0.1) is 5.69 Å². The van der Waals surface area contributed by atoms with Gasteiger partial charge in [-0.05, 0) is 30.7 Å². The third kappa shape index (κ3) is 4.47. The Hall–Kier alpha value is -3.39. The maximum Gasteiger partial charge on any atom is 0.319 e. The summed E-state index contributed by atoms with van der Waals surface area (Å²) in [6.45, 7) is 1.02. The fourth-order valence-electron chi connectivity index (χ4n) is 2.71. The molecule has 0 spiro atoms. The van der Waals surface area contributed by atoms with Gasteiger partial charge in [-0.15, -0.1) is 0 Å². The van der Waals surface area contributed by atoms with E-state index in [0.29, 0.717) is 36.6 Å². The number of anilines is 2. The number of hydrogen-bond acceptors (Lipinski definition) is 4. The number of methoxy groups -OCH3 is 1. The fraction of sp³-hybridized carbons (Fsp3) is 0.200. The van der Waals surface area contributed by atoms with Gasteiger partial charge in [-0.1, -0.05) is 30.3 Å². The second kappa shape index (κ2) is 9.01. The topological polar surface area (TPSA) is 94.2 Å². The summed E-state index contributed by atoms with van der Waals surface area (Å²) in [4.78, 5) is 12.3. The Labute approximate surface area is 162 Å². The zero-order valence-corrected chi connectivity index (χ0v) is 15.5. The van der Waals surface area contributed by atoms with Crippen LogP contribution in [0.4, 0.5) is 20.7 Å². The maximum absolute atomic E-state index is 13.3. The van der Waals surface area contributed by atoms with Crippen LogP contribution in [0, 0.1) is 5.82 Å². The Morgan fingerprint density at radius 1 is 1.18 bits per heavy atom. The summed E-state index contributed by atoms with van der Waals surface area (Å²) in [5.41, 5.74) is 8.58. The van der Waals surface area contributed by atoms with Crippen LogP contribution < -0.4 is 16.4 Å². The van der Waals surface area contributed by atoms with Gasteiger partial charge in [0, 0.05) is 25.8 Å². The van der Waals surface area contributed by atoms with Crippen LogP contribution in [0.3, 0.4) is 0 Å². The summed E-state index contributed by atoms with van der Waals surface area (Å²) in [6.07, 6.45) is 0.694. The van der Waals surface area contributed by atoms with Crippen LogP contribution in [-0.4, -0.2) is 36.1 Å². The smallest absolute Gasteiger partial charge is 0.319 e. The Kier molecular flexibility index (Phi) is 6.23. The van der Waals surface area contributed by atoms with Crippen LogP contribution >= 0.6 is 0 Å². The van der Waals surface area contributed by atoms with E-state index in [1.807, 2.05) is 30.3 Å². The number of amides is 2. The highest BCUT2D eigenvalue weighted by molar-refractivity contribution is 5.97. The van der Waals surface area contributed by atoms with Gasteiger partial charge >= 0.3 is 6.03 Å². The highest BCUT2D eigenvalue weighted by Gasteiger charge is 2.20. The summed E-state index contributed by atoms with van der Waals surface area (Å²) < 4.78 is 19.7. The number of carbonyl (C=O) groups excluding carboxylic acids is 1. The summed E-state index contributed by atoms with van der Waals surface area (Å²) in [6, 6.07) is 14.8. The number of hydrogen-bond donors (Lipinski definition) is 3. The third-order valence-corrected chi connectivity index (χ3v) is 4.09. The molecule has 0 atom stereocenters. The molecule has 0 aliphatic carbocycles. The molecule has 2 amide bonds. The van der Waals surface area contributed by atoms with Gasteiger partial charge in [-0.25, -0.2) is 13.9 Å². The largest absolute Gasteiger partial charge is 0.385 e. The lowest BCUT2D eigenvalue weighted by Crippen LogP contribution is -2.30. The number of nitrogen functional groups attached to an aromatic ring is 1. The van der Waals surface area contributed by atoms with E-state index in [1.165, 1.54) is 16.8 Å². The first-order valence-electron chi connectivity index (χ1n) is 8.84. The first-order valence-corrected chi connectivity index (χ1v) is 8.84. The van der Waals surface area contributed by atoms with Crippen LogP contribution in [0.15, 0.2) is 54.6 Å². The van der Waals surface area contributed by atoms with E-state index in [0.717, 1.165) is 5.56 Å². The van der Waals surface area contributed by atoms with E-state index >= 15 is 0 Å². The van der Waals surface area contributed by atoms with E-state index in [-0.39, 0.29) is 11.6 Å². The molecule has 0 aliphatic rings. The van der Waals surface area contributed by atoms with E-state index in [9.17, 15) is 9.18 Å². The molecule has 28 heavy (non-hydrogen) atoms. The van der Waals surface area contributed by atoms with Crippen molar-refractivity contribution in [2.45, 2.75) is 6.42 Å². The lowest BCUT2D eigenvalue weighted by Gasteiger charge is -2.09. The molecule has 146 valence electrons. The monoisotopic (exact) mass is 383 g/mol. The third-order valence-electron chi connectivity index (χ3n) is 4.09. The second-order valence-corrected chi connectivity index (χ2v) is 6.09. The van der Waals surface area contributed by atoms with E-state index < -0.39 is 6.03 Å². The summed E-state index contributed by atoms with van der Waals surface area (Å²) in [7, 11) is 1.61. The minimum Gasteiger partial charge on any atom is -0.385 e. The molecule has 2 aromatic carbocycles. The number of carbonyl (C=O) groups is 1. The molecular formula is C20H22FN5O2. The molecule has 8 heteroatoms. The Balaban J connectivity index is 1.92. The predicted molar refractivity (Wildman–Crippen MR) is 107 cm³/mol. The van der Waals surface area contributed by atoms with Crippen LogP contribution in [0.2, 0.25) is 0 Å². The van der Waals surface area contributed by atoms with Gasteiger partial charge in [0.15, 0.2) is 5.82 Å². The number of nitrogens with zero attached hydrogens (tertiary/aromatic N) is 2. The van der Waals surface area contributed by atoms with E-state index in [4.69, 9.17) is 10.5 Å². The summed E-state index contributed by atoms with van der Waals surface area (Å²) >= 11 is 0. The van der Waals surface area contributed by atoms with Crippen LogP contribution in [-0.2, 0) is 4.74 Å². The van der Waals surface area contributed by atoms with Gasteiger partial charge in [0.1, 0.15) is 17.2 Å². The molecule has 1 heterocycles. The van der Waals surface area contributed by atoms with Gasteiger partial charge < -0.3 is 21.1 Å². The first kappa shape index (κ1) is 19.4. The zero-order valence-electron chi connectivity index (χ0n) is 15.5. The van der Waals surface area contributed by atoms with Crippen LogP contribution in [0.25, 0.3) is 16.9 Å². The Morgan fingerprint density at radius 3 is 2.57 bits per heavy atom. The van der Waals surface area contributed by atoms with Crippen molar-refractivity contribution in [3.63, 3.8) is 0 Å². The number of rotatable bonds is 7. The number of benzene rings is 2. The molecule has 7 nitrogen and oxygen atoms in total. The summed E-state index contributed by atoms with van der Waals surface area (Å²) in [5.74, 6) is -0.107. The Morgan fingerprint density at radius 2 is 1.89 bits per heavy atom. The highest BCUT2D eigenvalue weighted by Crippen LogP contribution is 2.33. The number of aromatic nitrogens is 2. The minimum absolute atomic E-state index is 0.248. The van der Waals surface area contributed by atoms with Crippen molar-refractivity contribution >= 4 is 17.5 Å². The molecule has 0 radical (unpaired) electrons. The molecule has 0 bridgehead atoms. The molecular weight excluding hydrogens is 361 g/mol. The maximum atomic E-state index is 13.3. The number of halogens is 1. The first-order chi connectivity index (χ1) is 13.6. The quantitative estimate of drug-likeness (QED) is 0.545. The van der Waals surface area contributed by atoms with Crippen molar-refractivity contribution in [2.24, 2.45) is 0 Å². The SMILES string of the molecule is COCCCNC(=O)Nc1c(-c2ccccc2)nn(-c2ccc(F)cc2)c1N. The van der Waals surface area contributed by atoms with Crippen molar-refractivity contribution in [3.05, 3.63) is 60.4 Å². The number of nitrogens with two attached hydrogens (primary N) is 1. The molecule has 3 rings (SSSR count). The van der Waals surface area contributed by atoms with E-state index in [2.05, 4.69) is 15.7 Å². The number of ether oxygens (including phenoxy) is 1. The van der Waals surface area contributed by atoms with Gasteiger partial charge in [-0.2, -0.15) is 5.10 Å². The fourth-order valence-corrected chi connectivity index (χ4v) is 2.71. The van der Waals surface area contributed by atoms with Crippen molar-refractivity contribution < 1.29 is 13.9 Å². The average Bonchev–Trinajstić information content (AvgIpc) is 3.03. The second-order valence-electron chi connectivity index (χ2n) is 6.09. The van der Waals surface area contributed by atoms with Crippen LogP contribution in [0.1, 0.15) is 6.42 Å². The summed E-state index contributed by atoms with van der Waals surface area (Å²) in [5, 5.41) is 10.1. The van der Waals surface area contributed by atoms with Gasteiger partial charge in [0.25, 0.3) is 0 Å². The molecule has 1 aromatic heterocycles. The van der Waals surface area contributed by atoms with Crippen molar-refractivity contribution in [1.29, 1.82) is 0 Å². The van der Waals surface area contributed by atoms with E-state index in [1.54, 1.807) is 19.2 Å². The molecule has 3 aromatic rings. The van der Waals surface area contributed by atoms with Gasteiger partial charge in [-0.3, -0.25) is 0 Å². The highest BCUT2D eigenvalue weighted by atomic mass is 19.1. The molecule has 0 saturated carbocycles. The standard InChI is InChI=1S/C20H22FN5O2/c1-28-13-5-12-23-20(27)24-18-17(14-6-3-2-4-7-14)25-26(19(18)22)16-10-8-15(21)9-11-16/h2-4,6-11H,5,12-13,22H2,1H3,(H2,23,24,27). The Bertz CT molecular complexity index is 926. The van der Waals surface area contributed by atoms with Crippen LogP contribution in [0.5, 0.6) is 0 Å². The predicted octanol–water partition coefficient (Wildman–Crippen LogP) is 3.42. The normalized spacial score (nSPS) is 10.6. The van der Waals surface area contributed by atoms with Crippen molar-refractivity contribution in [2.75, 3.05) is 31.3 Å². The minimum atomic E-state index is -0.390. The molecule has 0 unspecified atom stereocenters. The number of nitrogens with one attached hydrogen (secondary N) is 2. The lowest BCUT2D eigenvalue weighted by molar-refractivity contribution is 0.194. The van der Waals surface area contributed by atoms with Crippen molar-refractivity contribution in [3.8, 4) is 16.9 Å². The average molecular weight is 383 g/mol. The van der Waals surface area contributed by atoms with Crippen molar-refractivity contribution in [1.82, 2.24) is 15.1 Å². The molecule has 4 N–H and O–H groups in total. The number of urea groups is 1. The molecule has 0 aliphatic heterocycles. The molecule has 0 fully saturated rings. The molecule has 0 saturated heterocycles. The zero-order chi connectivity index (χ0) is 19.9. The van der Waals surface area contributed by atoms with Gasteiger partial charge in [0.2, 0.25) is 0 Å².